The van der Waals surface area contributed by atoms with Gasteiger partial charge in [0.05, 0.1) is 16.6 Å². The number of hydrogen-bond donors (Lipinski definition) is 1. The van der Waals surface area contributed by atoms with Crippen molar-refractivity contribution in [1.29, 1.82) is 0 Å². The van der Waals surface area contributed by atoms with Crippen LogP contribution in [-0.4, -0.2) is 31.7 Å². The maximum Gasteiger partial charge on any atom is 0.407 e. The number of nitrogens with one attached hydrogen (secondary N) is 1. The largest absolute Gasteiger partial charge is 0.444 e. The van der Waals surface area contributed by atoms with Crippen molar-refractivity contribution in [1.82, 2.24) is 19.4 Å². The Hall–Kier alpha value is -3.23. The van der Waals surface area contributed by atoms with Crippen molar-refractivity contribution in [3.63, 3.8) is 0 Å². The highest BCUT2D eigenvalue weighted by Gasteiger charge is 2.68. The molecule has 7 nitrogen and oxygen atoms in total. The summed E-state index contributed by atoms with van der Waals surface area (Å²) in [4.78, 5) is 29.3. The van der Waals surface area contributed by atoms with Crippen LogP contribution in [-0.2, 0) is 24.9 Å². The molecule has 0 unspecified atom stereocenters. The molecule has 33 heavy (non-hydrogen) atoms. The minimum absolute atomic E-state index is 0.0526. The maximum atomic E-state index is 13.7. The van der Waals surface area contributed by atoms with E-state index < -0.39 is 23.0 Å². The number of imidazole rings is 1. The first kappa shape index (κ1) is 22.9. The molecule has 1 aromatic carbocycles. The first-order chi connectivity index (χ1) is 15.3. The number of carbonyl (C=O) groups excluding carboxylic acids is 1. The summed E-state index contributed by atoms with van der Waals surface area (Å²) < 4.78 is 35.5. The summed E-state index contributed by atoms with van der Waals surface area (Å²) in [5, 5.41) is 2.73. The van der Waals surface area contributed by atoms with Gasteiger partial charge in [-0.15, -0.1) is 0 Å². The lowest BCUT2D eigenvalue weighted by Crippen LogP contribution is -2.32. The summed E-state index contributed by atoms with van der Waals surface area (Å²) in [6.07, 6.45) is -0.725. The second kappa shape index (κ2) is 7.67. The van der Waals surface area contributed by atoms with Gasteiger partial charge in [-0.05, 0) is 44.5 Å². The monoisotopic (exact) mass is 458 g/mol. The number of rotatable bonds is 5. The first-order valence-corrected chi connectivity index (χ1v) is 10.8. The first-order valence-electron chi connectivity index (χ1n) is 10.8. The van der Waals surface area contributed by atoms with Crippen molar-refractivity contribution in [3.8, 4) is 11.3 Å². The molecule has 0 spiro atoms. The molecule has 1 atom stereocenters. The van der Waals surface area contributed by atoms with Gasteiger partial charge < -0.3 is 10.1 Å². The average Bonchev–Trinajstić information content (AvgIpc) is 3.15. The number of halogens is 2. The Bertz CT molecular complexity index is 1290. The molecule has 1 amide bonds. The Morgan fingerprint density at radius 1 is 1.24 bits per heavy atom. The fraction of sp³-hybridized carbons (Fsp3) is 0.458. The molecule has 1 saturated carbocycles. The average molecular weight is 459 g/mol. The molecule has 4 rings (SSSR count). The molecule has 1 N–H and O–H groups in total. The summed E-state index contributed by atoms with van der Waals surface area (Å²) >= 11 is 0. The number of ether oxygens (including phenoxy) is 1. The van der Waals surface area contributed by atoms with E-state index in [1.165, 1.54) is 16.1 Å². The number of hydrogen-bond acceptors (Lipinski definition) is 4. The van der Waals surface area contributed by atoms with Gasteiger partial charge in [0.1, 0.15) is 5.60 Å². The summed E-state index contributed by atoms with van der Waals surface area (Å²) in [5.74, 6) is -2.75. The van der Waals surface area contributed by atoms with Crippen LogP contribution in [0.4, 0.5) is 13.6 Å². The number of aryl methyl sites for hydroxylation is 1. The zero-order valence-corrected chi connectivity index (χ0v) is 19.4. The fourth-order valence-corrected chi connectivity index (χ4v) is 3.88. The highest BCUT2D eigenvalue weighted by Crippen LogP contribution is 2.61. The van der Waals surface area contributed by atoms with Gasteiger partial charge in [-0.25, -0.2) is 23.4 Å². The summed E-state index contributed by atoms with van der Waals surface area (Å²) in [5.41, 5.74) is 1.10. The van der Waals surface area contributed by atoms with E-state index in [1.807, 2.05) is 24.3 Å². The molecular formula is C24H28F2N4O3. The standard InChI is InChI=1S/C24H28F2N4O3/c1-22(2,3)33-20(31)27-12-15-7-6-8-16(11-15)17-9-10-18-19(28-17)29(5)21(32)30(18)14-23(4)13-24(23,25)26/h6-11H,12-14H2,1-5H3,(H,27,31)/t23-/m0/s1. The van der Waals surface area contributed by atoms with Gasteiger partial charge >= 0.3 is 11.8 Å². The number of amides is 1. The van der Waals surface area contributed by atoms with Gasteiger partial charge in [0, 0.05) is 32.1 Å². The van der Waals surface area contributed by atoms with E-state index in [2.05, 4.69) is 10.3 Å². The number of aromatic nitrogens is 3. The topological polar surface area (TPSA) is 78.2 Å². The third-order valence-electron chi connectivity index (χ3n) is 5.92. The highest BCUT2D eigenvalue weighted by atomic mass is 19.3. The quantitative estimate of drug-likeness (QED) is 0.612. The van der Waals surface area contributed by atoms with E-state index in [4.69, 9.17) is 4.74 Å². The number of carbonyl (C=O) groups is 1. The molecule has 0 bridgehead atoms. The van der Waals surface area contributed by atoms with Crippen LogP contribution >= 0.6 is 0 Å². The molecule has 9 heteroatoms. The van der Waals surface area contributed by atoms with Gasteiger partial charge in [-0.2, -0.15) is 0 Å². The molecular weight excluding hydrogens is 430 g/mol. The van der Waals surface area contributed by atoms with Crippen molar-refractivity contribution in [2.24, 2.45) is 12.5 Å². The van der Waals surface area contributed by atoms with Crippen molar-refractivity contribution >= 4 is 17.3 Å². The molecule has 1 fully saturated rings. The van der Waals surface area contributed by atoms with E-state index in [0.717, 1.165) is 11.1 Å². The summed E-state index contributed by atoms with van der Waals surface area (Å²) in [6.45, 7) is 7.12. The zero-order chi connectivity index (χ0) is 24.2. The van der Waals surface area contributed by atoms with Gasteiger partial charge in [0.15, 0.2) is 5.65 Å². The van der Waals surface area contributed by atoms with Gasteiger partial charge in [-0.3, -0.25) is 9.13 Å². The van der Waals surface area contributed by atoms with Crippen LogP contribution in [0.3, 0.4) is 0 Å². The summed E-state index contributed by atoms with van der Waals surface area (Å²) in [6, 6.07) is 11.0. The smallest absolute Gasteiger partial charge is 0.407 e. The van der Waals surface area contributed by atoms with E-state index in [9.17, 15) is 18.4 Å². The van der Waals surface area contributed by atoms with Crippen molar-refractivity contribution in [3.05, 3.63) is 52.4 Å². The summed E-state index contributed by atoms with van der Waals surface area (Å²) in [7, 11) is 1.59. The Labute approximate surface area is 190 Å². The number of alkyl carbamates (subject to hydrolysis) is 1. The van der Waals surface area contributed by atoms with Crippen molar-refractivity contribution in [2.45, 2.75) is 58.7 Å². The van der Waals surface area contributed by atoms with E-state index >= 15 is 0 Å². The fourth-order valence-electron chi connectivity index (χ4n) is 3.88. The normalized spacial score (nSPS) is 19.5. The predicted octanol–water partition coefficient (Wildman–Crippen LogP) is 4.47. The van der Waals surface area contributed by atoms with Crippen molar-refractivity contribution < 1.29 is 18.3 Å². The minimum atomic E-state index is -2.75. The van der Waals surface area contributed by atoms with E-state index in [-0.39, 0.29) is 25.2 Å². The molecule has 0 aliphatic heterocycles. The van der Waals surface area contributed by atoms with Crippen LogP contribution in [0.15, 0.2) is 41.2 Å². The number of fused-ring (bicyclic) bond motifs is 1. The lowest BCUT2D eigenvalue weighted by molar-refractivity contribution is 0.0523. The SMILES string of the molecule is Cn1c(=O)n(C[C@]2(C)CC2(F)F)c2ccc(-c3cccc(CNC(=O)OC(C)(C)C)c3)nc21. The second-order valence-electron chi connectivity index (χ2n) is 9.96. The van der Waals surface area contributed by atoms with Gasteiger partial charge in [0.25, 0.3) is 5.92 Å². The molecule has 0 radical (unpaired) electrons. The molecule has 1 aliphatic rings. The lowest BCUT2D eigenvalue weighted by Gasteiger charge is -2.19. The maximum absolute atomic E-state index is 13.7. The van der Waals surface area contributed by atoms with Crippen LogP contribution < -0.4 is 11.0 Å². The van der Waals surface area contributed by atoms with Gasteiger partial charge in [-0.1, -0.05) is 25.1 Å². The van der Waals surface area contributed by atoms with Crippen LogP contribution in [0.25, 0.3) is 22.4 Å². The zero-order valence-electron chi connectivity index (χ0n) is 19.4. The van der Waals surface area contributed by atoms with E-state index in [1.54, 1.807) is 40.0 Å². The number of alkyl halides is 2. The van der Waals surface area contributed by atoms with Crippen LogP contribution in [0.5, 0.6) is 0 Å². The molecule has 176 valence electrons. The van der Waals surface area contributed by atoms with Crippen LogP contribution in [0.1, 0.15) is 39.7 Å². The Kier molecular flexibility index (Phi) is 5.34. The molecule has 0 saturated heterocycles. The third kappa shape index (κ3) is 4.49. The minimum Gasteiger partial charge on any atom is -0.444 e. The molecule has 1 aliphatic carbocycles. The second-order valence-corrected chi connectivity index (χ2v) is 9.96. The third-order valence-corrected chi connectivity index (χ3v) is 5.92. The lowest BCUT2D eigenvalue weighted by atomic mass is 10.1. The molecule has 3 aromatic rings. The highest BCUT2D eigenvalue weighted by molar-refractivity contribution is 5.76. The number of nitrogens with zero attached hydrogens (tertiary/aromatic N) is 3. The Balaban J connectivity index is 1.58. The van der Waals surface area contributed by atoms with Gasteiger partial charge in [0.2, 0.25) is 0 Å². The van der Waals surface area contributed by atoms with Crippen LogP contribution in [0, 0.1) is 5.41 Å². The van der Waals surface area contributed by atoms with Crippen LogP contribution in [0.2, 0.25) is 0 Å². The predicted molar refractivity (Wildman–Crippen MR) is 121 cm³/mol. The Morgan fingerprint density at radius 2 is 1.94 bits per heavy atom. The number of pyridine rings is 1. The Morgan fingerprint density at radius 3 is 2.58 bits per heavy atom. The number of benzene rings is 1. The van der Waals surface area contributed by atoms with E-state index in [0.29, 0.717) is 16.9 Å². The molecule has 2 aromatic heterocycles. The molecule has 2 heterocycles. The van der Waals surface area contributed by atoms with Crippen molar-refractivity contribution in [2.75, 3.05) is 0 Å².